The van der Waals surface area contributed by atoms with E-state index in [1.807, 2.05) is 37.3 Å². The van der Waals surface area contributed by atoms with Crippen LogP contribution in [0.3, 0.4) is 0 Å². The Balaban J connectivity index is 1.98. The van der Waals surface area contributed by atoms with Gasteiger partial charge in [0.05, 0.1) is 12.7 Å². The molecule has 0 unspecified atom stereocenters. The van der Waals surface area contributed by atoms with E-state index in [2.05, 4.69) is 29.6 Å². The van der Waals surface area contributed by atoms with E-state index in [0.29, 0.717) is 0 Å². The Kier molecular flexibility index (Phi) is 5.22. The molecule has 0 radical (unpaired) electrons. The van der Waals surface area contributed by atoms with Gasteiger partial charge in [-0.1, -0.05) is 48.9 Å². The minimum atomic E-state index is -0.956. The van der Waals surface area contributed by atoms with E-state index in [1.54, 1.807) is 7.11 Å². The van der Waals surface area contributed by atoms with Gasteiger partial charge >= 0.3 is 0 Å². The molecule has 0 spiro atoms. The fourth-order valence-electron chi connectivity index (χ4n) is 3.88. The van der Waals surface area contributed by atoms with E-state index in [1.165, 1.54) is 18.4 Å². The van der Waals surface area contributed by atoms with Crippen LogP contribution in [0.25, 0.3) is 0 Å². The zero-order chi connectivity index (χ0) is 17.0. The topological polar surface area (TPSA) is 41.5 Å². The van der Waals surface area contributed by atoms with Gasteiger partial charge in [-0.25, -0.2) is 0 Å². The lowest BCUT2D eigenvalue weighted by Gasteiger charge is -2.41. The van der Waals surface area contributed by atoms with Gasteiger partial charge in [0.1, 0.15) is 5.75 Å². The van der Waals surface area contributed by atoms with Crippen LogP contribution in [0.15, 0.2) is 54.6 Å². The molecule has 0 amide bonds. The van der Waals surface area contributed by atoms with E-state index < -0.39 is 5.60 Å². The van der Waals surface area contributed by atoms with Gasteiger partial charge in [-0.3, -0.25) is 0 Å². The third-order valence-corrected chi connectivity index (χ3v) is 5.19. The second-order valence-corrected chi connectivity index (χ2v) is 6.82. The number of benzene rings is 2. The molecule has 3 heteroatoms. The Morgan fingerprint density at radius 2 is 1.79 bits per heavy atom. The van der Waals surface area contributed by atoms with Crippen LogP contribution in [0.5, 0.6) is 5.75 Å². The standard InChI is InChI=1S/C21H27NO2/c1-21(23,17-11-13-18(24-2)14-12-17)20(16-8-4-3-5-9-16)19-10-6-7-15-22-19/h3-5,8-9,11-14,19-20,22-23H,6-7,10,15H2,1-2H3/t19-,20+,21-/m0/s1. The first-order valence-corrected chi connectivity index (χ1v) is 8.78. The average molecular weight is 325 g/mol. The van der Waals surface area contributed by atoms with Crippen LogP contribution in [0, 0.1) is 0 Å². The first kappa shape index (κ1) is 17.0. The van der Waals surface area contributed by atoms with Crippen LogP contribution in [-0.4, -0.2) is 24.8 Å². The predicted molar refractivity (Wildman–Crippen MR) is 97.4 cm³/mol. The quantitative estimate of drug-likeness (QED) is 0.878. The van der Waals surface area contributed by atoms with Gasteiger partial charge in [-0.05, 0) is 49.6 Å². The first-order chi connectivity index (χ1) is 11.6. The van der Waals surface area contributed by atoms with Crippen LogP contribution in [0.1, 0.15) is 43.2 Å². The molecule has 24 heavy (non-hydrogen) atoms. The summed E-state index contributed by atoms with van der Waals surface area (Å²) in [6.45, 7) is 2.95. The minimum absolute atomic E-state index is 0.00685. The number of aliphatic hydroxyl groups is 1. The van der Waals surface area contributed by atoms with Gasteiger partial charge in [0.2, 0.25) is 0 Å². The maximum Gasteiger partial charge on any atom is 0.118 e. The molecule has 1 saturated heterocycles. The number of hydrogen-bond donors (Lipinski definition) is 2. The Morgan fingerprint density at radius 3 is 2.38 bits per heavy atom. The Hall–Kier alpha value is -1.84. The Morgan fingerprint density at radius 1 is 1.08 bits per heavy atom. The monoisotopic (exact) mass is 325 g/mol. The number of hydrogen-bond acceptors (Lipinski definition) is 3. The number of ether oxygens (including phenoxy) is 1. The molecule has 2 aromatic rings. The largest absolute Gasteiger partial charge is 0.497 e. The molecule has 3 rings (SSSR count). The summed E-state index contributed by atoms with van der Waals surface area (Å²) in [6.07, 6.45) is 3.51. The molecule has 3 atom stereocenters. The number of methoxy groups -OCH3 is 1. The number of nitrogens with one attached hydrogen (secondary N) is 1. The molecule has 2 aromatic carbocycles. The molecular formula is C21H27NO2. The van der Waals surface area contributed by atoms with Gasteiger partial charge in [-0.15, -0.1) is 0 Å². The van der Waals surface area contributed by atoms with Crippen LogP contribution in [0.2, 0.25) is 0 Å². The Labute approximate surface area is 144 Å². The van der Waals surface area contributed by atoms with Crippen LogP contribution < -0.4 is 10.1 Å². The summed E-state index contributed by atoms with van der Waals surface area (Å²) < 4.78 is 5.25. The molecule has 1 aliphatic heterocycles. The second kappa shape index (κ2) is 7.37. The smallest absolute Gasteiger partial charge is 0.118 e. The van der Waals surface area contributed by atoms with Gasteiger partial charge in [0.15, 0.2) is 0 Å². The maximum atomic E-state index is 11.5. The van der Waals surface area contributed by atoms with Gasteiger partial charge in [0, 0.05) is 12.0 Å². The van der Waals surface area contributed by atoms with Crippen molar-refractivity contribution in [1.82, 2.24) is 5.32 Å². The van der Waals surface area contributed by atoms with Crippen molar-refractivity contribution in [3.05, 3.63) is 65.7 Å². The highest BCUT2D eigenvalue weighted by Crippen LogP contribution is 2.41. The van der Waals surface area contributed by atoms with E-state index >= 15 is 0 Å². The summed E-state index contributed by atoms with van der Waals surface area (Å²) in [7, 11) is 1.66. The summed E-state index contributed by atoms with van der Waals surface area (Å²) in [6, 6.07) is 18.4. The van der Waals surface area contributed by atoms with Crippen molar-refractivity contribution in [3.8, 4) is 5.75 Å². The fourth-order valence-corrected chi connectivity index (χ4v) is 3.88. The molecule has 1 aliphatic rings. The zero-order valence-corrected chi connectivity index (χ0v) is 14.5. The summed E-state index contributed by atoms with van der Waals surface area (Å²) in [4.78, 5) is 0. The van der Waals surface area contributed by atoms with E-state index in [0.717, 1.165) is 24.3 Å². The highest BCUT2D eigenvalue weighted by Gasteiger charge is 2.40. The Bertz CT molecular complexity index is 631. The third-order valence-electron chi connectivity index (χ3n) is 5.19. The van der Waals surface area contributed by atoms with Crippen LogP contribution in [0.4, 0.5) is 0 Å². The highest BCUT2D eigenvalue weighted by molar-refractivity contribution is 5.35. The average Bonchev–Trinajstić information content (AvgIpc) is 2.63. The number of rotatable bonds is 5. The second-order valence-electron chi connectivity index (χ2n) is 6.82. The molecule has 0 saturated carbocycles. The number of piperidine rings is 1. The highest BCUT2D eigenvalue weighted by atomic mass is 16.5. The van der Waals surface area contributed by atoms with Crippen molar-refractivity contribution >= 4 is 0 Å². The lowest BCUT2D eigenvalue weighted by Crippen LogP contribution is -2.47. The molecule has 0 aromatic heterocycles. The van der Waals surface area contributed by atoms with Gasteiger partial charge in [-0.2, -0.15) is 0 Å². The molecule has 1 fully saturated rings. The van der Waals surface area contributed by atoms with Crippen LogP contribution >= 0.6 is 0 Å². The van der Waals surface area contributed by atoms with Gasteiger partial charge in [0.25, 0.3) is 0 Å². The van der Waals surface area contributed by atoms with Crippen LogP contribution in [-0.2, 0) is 5.60 Å². The van der Waals surface area contributed by atoms with Crippen molar-refractivity contribution in [3.63, 3.8) is 0 Å². The summed E-state index contributed by atoms with van der Waals surface area (Å²) >= 11 is 0. The van der Waals surface area contributed by atoms with E-state index in [9.17, 15) is 5.11 Å². The maximum absolute atomic E-state index is 11.5. The third kappa shape index (κ3) is 3.47. The van der Waals surface area contributed by atoms with Crippen molar-refractivity contribution in [1.29, 1.82) is 0 Å². The minimum Gasteiger partial charge on any atom is -0.497 e. The molecule has 2 N–H and O–H groups in total. The van der Waals surface area contributed by atoms with E-state index in [-0.39, 0.29) is 12.0 Å². The molecule has 0 bridgehead atoms. The lowest BCUT2D eigenvalue weighted by molar-refractivity contribution is 0.00894. The van der Waals surface area contributed by atoms with Gasteiger partial charge < -0.3 is 15.2 Å². The van der Waals surface area contributed by atoms with Crippen molar-refractivity contribution < 1.29 is 9.84 Å². The zero-order valence-electron chi connectivity index (χ0n) is 14.5. The first-order valence-electron chi connectivity index (χ1n) is 8.78. The fraction of sp³-hybridized carbons (Fsp3) is 0.429. The molecule has 0 aliphatic carbocycles. The van der Waals surface area contributed by atoms with Crippen molar-refractivity contribution in [2.24, 2.45) is 0 Å². The van der Waals surface area contributed by atoms with Crippen molar-refractivity contribution in [2.45, 2.75) is 43.7 Å². The SMILES string of the molecule is COc1ccc([C@](C)(O)[C@H](c2ccccc2)[C@@H]2CCCCN2)cc1. The molecular weight excluding hydrogens is 298 g/mol. The molecule has 1 heterocycles. The summed E-state index contributed by atoms with van der Waals surface area (Å²) in [5.41, 5.74) is 1.14. The molecule has 128 valence electrons. The normalized spacial score (nSPS) is 21.7. The van der Waals surface area contributed by atoms with E-state index in [4.69, 9.17) is 4.74 Å². The summed E-state index contributed by atoms with van der Waals surface area (Å²) in [5.74, 6) is 0.814. The predicted octanol–water partition coefficient (Wildman–Crippen LogP) is 3.83. The summed E-state index contributed by atoms with van der Waals surface area (Å²) in [5, 5.41) is 15.2. The van der Waals surface area contributed by atoms with Crippen molar-refractivity contribution in [2.75, 3.05) is 13.7 Å². The molecule has 3 nitrogen and oxygen atoms in total. The lowest BCUT2D eigenvalue weighted by atomic mass is 9.72.